The van der Waals surface area contributed by atoms with Gasteiger partial charge >= 0.3 is 8.69 Å². The summed E-state index contributed by atoms with van der Waals surface area (Å²) < 4.78 is 19.8. The van der Waals surface area contributed by atoms with E-state index in [-0.39, 0.29) is 14.8 Å². The third-order valence-electron chi connectivity index (χ3n) is 1.46. The summed E-state index contributed by atoms with van der Waals surface area (Å²) in [6.07, 6.45) is 2.81. The van der Waals surface area contributed by atoms with Gasteiger partial charge in [0.1, 0.15) is 0 Å². The maximum absolute atomic E-state index is 9.95. The van der Waals surface area contributed by atoms with Gasteiger partial charge in [-0.15, -0.1) is 6.58 Å². The van der Waals surface area contributed by atoms with Crippen LogP contribution < -0.4 is 0 Å². The van der Waals surface area contributed by atoms with E-state index in [1.807, 2.05) is 6.08 Å². The molecule has 0 aliphatic carbocycles. The number of methoxy groups -OCH3 is 1. The quantitative estimate of drug-likeness (QED) is 0.341. The van der Waals surface area contributed by atoms with Gasteiger partial charge in [-0.1, -0.05) is 6.08 Å². The zero-order valence-corrected chi connectivity index (χ0v) is 9.48. The Morgan fingerprint density at radius 3 is 3.00 bits per heavy atom. The van der Waals surface area contributed by atoms with Crippen LogP contribution in [0.3, 0.4) is 0 Å². The lowest BCUT2D eigenvalue weighted by atomic mass is 10.3. The maximum Gasteiger partial charge on any atom is 0.327 e. The van der Waals surface area contributed by atoms with Crippen molar-refractivity contribution < 1.29 is 13.8 Å². The van der Waals surface area contributed by atoms with Crippen LogP contribution in [0.1, 0.15) is 6.42 Å². The van der Waals surface area contributed by atoms with Crippen molar-refractivity contribution in [2.45, 2.75) is 12.5 Å². The molecule has 0 aromatic heterocycles. The lowest BCUT2D eigenvalue weighted by Crippen LogP contribution is -2.15. The molecule has 0 N–H and O–H groups in total. The Balaban J connectivity index is 3.38. The van der Waals surface area contributed by atoms with Gasteiger partial charge in [-0.3, -0.25) is 4.52 Å². The number of rotatable bonds is 9. The average Bonchev–Trinajstić information content (AvgIpc) is 2.16. The summed E-state index contributed by atoms with van der Waals surface area (Å²) in [4.78, 5) is 0. The second kappa shape index (κ2) is 10.2. The zero-order chi connectivity index (χ0) is 9.94. The van der Waals surface area contributed by atoms with Crippen LogP contribution in [0.15, 0.2) is 12.7 Å². The fraction of sp³-hybridized carbons (Fsp3) is 0.750. The first kappa shape index (κ1) is 13.1. The first-order valence-electron chi connectivity index (χ1n) is 4.01. The van der Waals surface area contributed by atoms with Crippen LogP contribution in [0.5, 0.6) is 0 Å². The summed E-state index contributed by atoms with van der Waals surface area (Å²) >= 11 is 1.76. The van der Waals surface area contributed by atoms with E-state index in [0.29, 0.717) is 6.61 Å². The highest BCUT2D eigenvalue weighted by Crippen LogP contribution is 2.09. The highest BCUT2D eigenvalue weighted by Gasteiger charge is 2.06. The largest absolute Gasteiger partial charge is 0.381 e. The number of ether oxygens (including phenoxy) is 1. The predicted octanol–water partition coefficient (Wildman–Crippen LogP) is 2.53. The Hall–Kier alpha value is 0.110. The van der Waals surface area contributed by atoms with E-state index >= 15 is 0 Å². The molecule has 1 atom stereocenters. The van der Waals surface area contributed by atoms with Crippen molar-refractivity contribution in [2.24, 2.45) is 0 Å². The first-order chi connectivity index (χ1) is 6.35. The Morgan fingerprint density at radius 1 is 1.69 bits per heavy atom. The summed E-state index contributed by atoms with van der Waals surface area (Å²) in [5.74, 6) is 1.85. The van der Waals surface area contributed by atoms with Crippen LogP contribution in [0.4, 0.5) is 0 Å². The highest BCUT2D eigenvalue weighted by atomic mass is 32.2. The molecule has 5 heteroatoms. The maximum atomic E-state index is 9.95. The monoisotopic (exact) mass is 222 g/mol. The Labute approximate surface area is 85.2 Å². The SMILES string of the molecule is C=CCSC[C@@H](CCOP=O)OC. The van der Waals surface area contributed by atoms with Gasteiger partial charge < -0.3 is 4.74 Å². The molecular formula is C8H15O3PS. The molecule has 0 aromatic rings. The standard InChI is InChI=1S/C8H15O3PS/c1-3-6-13-7-8(10-2)4-5-11-12-9/h3,8H,1,4-7H2,2H3/t8-/m1/s1. The van der Waals surface area contributed by atoms with Gasteiger partial charge in [0.15, 0.2) is 0 Å². The Kier molecular flexibility index (Phi) is 10.3. The molecule has 0 saturated heterocycles. The van der Waals surface area contributed by atoms with E-state index in [4.69, 9.17) is 4.74 Å². The molecule has 0 rings (SSSR count). The first-order valence-corrected chi connectivity index (χ1v) is 5.89. The van der Waals surface area contributed by atoms with Crippen LogP contribution in [0.25, 0.3) is 0 Å². The normalized spacial score (nSPS) is 13.0. The van der Waals surface area contributed by atoms with E-state index in [1.54, 1.807) is 18.9 Å². The topological polar surface area (TPSA) is 35.5 Å². The van der Waals surface area contributed by atoms with Crippen molar-refractivity contribution in [3.05, 3.63) is 12.7 Å². The third-order valence-corrected chi connectivity index (χ3v) is 2.82. The summed E-state index contributed by atoms with van der Waals surface area (Å²) in [5, 5.41) is 0. The summed E-state index contributed by atoms with van der Waals surface area (Å²) in [6, 6.07) is 0. The molecule has 0 bridgehead atoms. The summed E-state index contributed by atoms with van der Waals surface area (Å²) in [5.41, 5.74) is 0. The van der Waals surface area contributed by atoms with Crippen LogP contribution in [0, 0.1) is 0 Å². The van der Waals surface area contributed by atoms with Crippen LogP contribution >= 0.6 is 20.4 Å². The van der Waals surface area contributed by atoms with Crippen molar-refractivity contribution in [3.8, 4) is 0 Å². The predicted molar refractivity (Wildman–Crippen MR) is 56.5 cm³/mol. The molecule has 0 saturated carbocycles. The molecule has 0 aromatic carbocycles. The number of hydrogen-bond acceptors (Lipinski definition) is 4. The molecule has 0 aliphatic rings. The summed E-state index contributed by atoms with van der Waals surface area (Å²) in [7, 11) is 1.42. The molecule has 0 fully saturated rings. The van der Waals surface area contributed by atoms with E-state index in [2.05, 4.69) is 11.1 Å². The van der Waals surface area contributed by atoms with E-state index < -0.39 is 0 Å². The zero-order valence-electron chi connectivity index (χ0n) is 7.77. The molecule has 0 spiro atoms. The number of hydrogen-bond donors (Lipinski definition) is 0. The van der Waals surface area contributed by atoms with Crippen molar-refractivity contribution in [1.29, 1.82) is 0 Å². The van der Waals surface area contributed by atoms with Gasteiger partial charge in [0.2, 0.25) is 0 Å². The van der Waals surface area contributed by atoms with Crippen molar-refractivity contribution in [1.82, 2.24) is 0 Å². The number of thioether (sulfide) groups is 1. The third kappa shape index (κ3) is 8.44. The van der Waals surface area contributed by atoms with Gasteiger partial charge in [0.25, 0.3) is 0 Å². The molecule has 76 valence electrons. The molecule has 3 nitrogen and oxygen atoms in total. The van der Waals surface area contributed by atoms with Crippen LogP contribution in [-0.2, 0) is 13.8 Å². The fourth-order valence-electron chi connectivity index (χ4n) is 0.773. The Bertz CT molecular complexity index is 129. The smallest absolute Gasteiger partial charge is 0.327 e. The van der Waals surface area contributed by atoms with E-state index in [0.717, 1.165) is 17.9 Å². The summed E-state index contributed by atoms with van der Waals surface area (Å²) in [6.45, 7) is 4.10. The molecule has 0 amide bonds. The van der Waals surface area contributed by atoms with Crippen LogP contribution in [-0.4, -0.2) is 31.3 Å². The van der Waals surface area contributed by atoms with Gasteiger partial charge in [0, 0.05) is 18.6 Å². The molecule has 0 unspecified atom stereocenters. The highest BCUT2D eigenvalue weighted by molar-refractivity contribution is 7.99. The lowest BCUT2D eigenvalue weighted by molar-refractivity contribution is 0.101. The lowest BCUT2D eigenvalue weighted by Gasteiger charge is -2.12. The van der Waals surface area contributed by atoms with Gasteiger partial charge in [-0.05, 0) is 6.42 Å². The van der Waals surface area contributed by atoms with Crippen molar-refractivity contribution >= 4 is 20.4 Å². The molecule has 0 radical (unpaired) electrons. The van der Waals surface area contributed by atoms with Crippen molar-refractivity contribution in [2.75, 3.05) is 25.2 Å². The fourth-order valence-corrected chi connectivity index (χ4v) is 1.82. The molecule has 0 heterocycles. The molecule has 13 heavy (non-hydrogen) atoms. The second-order valence-electron chi connectivity index (χ2n) is 2.38. The van der Waals surface area contributed by atoms with Crippen molar-refractivity contribution in [3.63, 3.8) is 0 Å². The minimum atomic E-state index is -0.257. The Morgan fingerprint density at radius 2 is 2.46 bits per heavy atom. The minimum Gasteiger partial charge on any atom is -0.381 e. The minimum absolute atomic E-state index is 0.173. The van der Waals surface area contributed by atoms with Gasteiger partial charge in [-0.25, -0.2) is 4.57 Å². The van der Waals surface area contributed by atoms with E-state index in [9.17, 15) is 4.57 Å². The van der Waals surface area contributed by atoms with E-state index in [1.165, 1.54) is 0 Å². The van der Waals surface area contributed by atoms with Gasteiger partial charge in [0.05, 0.1) is 12.7 Å². The second-order valence-corrected chi connectivity index (χ2v) is 3.86. The van der Waals surface area contributed by atoms with Crippen LogP contribution in [0.2, 0.25) is 0 Å². The molecule has 0 aliphatic heterocycles. The van der Waals surface area contributed by atoms with Gasteiger partial charge in [-0.2, -0.15) is 11.8 Å². The average molecular weight is 222 g/mol. The molecular weight excluding hydrogens is 207 g/mol.